The van der Waals surface area contributed by atoms with Crippen molar-refractivity contribution in [1.29, 1.82) is 0 Å². The Morgan fingerprint density at radius 1 is 0.192 bits per heavy atom. The summed E-state index contributed by atoms with van der Waals surface area (Å²) in [5.74, 6) is 36.3. The second kappa shape index (κ2) is 78.3. The molecule has 0 aliphatic heterocycles. The molecule has 125 heavy (non-hydrogen) atoms. The maximum absolute atomic E-state index is 6.05. The second-order valence-electron chi connectivity index (χ2n) is 34.5. The molecular formula is C110H160F5O5S5. The number of hydrogen-bond acceptors (Lipinski definition) is 5. The van der Waals surface area contributed by atoms with Crippen molar-refractivity contribution in [3.8, 4) is 59.2 Å². The molecule has 10 rings (SSSR count). The summed E-state index contributed by atoms with van der Waals surface area (Å²) in [6.07, 6.45) is 65.8. The van der Waals surface area contributed by atoms with Gasteiger partial charge >= 0.3 is 0 Å². The fraction of sp³-hybridized carbons (Fsp3) is 0.636. The molecule has 5 aliphatic rings. The average molecular weight is 1820 g/mol. The first kappa shape index (κ1) is 117. The van der Waals surface area contributed by atoms with Crippen LogP contribution in [0.25, 0.3) is 0 Å². The van der Waals surface area contributed by atoms with Crippen molar-refractivity contribution in [2.45, 2.75) is 411 Å². The van der Waals surface area contributed by atoms with Gasteiger partial charge in [-0.15, -0.1) is 0 Å². The van der Waals surface area contributed by atoms with Crippen LogP contribution in [0.4, 0.5) is 23.5 Å². The molecule has 0 spiro atoms. The highest BCUT2D eigenvalue weighted by molar-refractivity contribution is 7.81. The molecule has 0 unspecified atom stereocenters. The van der Waals surface area contributed by atoms with Crippen molar-refractivity contribution in [3.63, 3.8) is 0 Å². The molecule has 0 bridgehead atoms. The van der Waals surface area contributed by atoms with Crippen molar-refractivity contribution >= 4 is 63.1 Å². The molecule has 5 aromatic rings. The lowest BCUT2D eigenvalue weighted by Crippen LogP contribution is -2.21. The van der Waals surface area contributed by atoms with Crippen molar-refractivity contribution < 1.29 is 47.2 Å². The van der Waals surface area contributed by atoms with Crippen LogP contribution in [-0.2, 0) is 23.7 Å². The Kier molecular flexibility index (Phi) is 73.6. The van der Waals surface area contributed by atoms with E-state index in [1.165, 1.54) is 321 Å². The molecule has 5 aromatic carbocycles. The van der Waals surface area contributed by atoms with Gasteiger partial charge in [0, 0.05) is 115 Å². The molecule has 15 heteroatoms. The van der Waals surface area contributed by atoms with Gasteiger partial charge in [-0.1, -0.05) is 317 Å². The highest BCUT2D eigenvalue weighted by Crippen LogP contribution is 2.32. The standard InChI is InChI=1S/5C22H31OS.5FH/c5*1-2-3-4-5-6-7-18-23-21-14-10-19(11-15-21)8-9-20-12-16-22(24)17-13-20;;;;;/h5*12-13,16-17,19,21H,2-7,10-11,14-15,18H2,1H3;5*1H/t5*19-,21-;;;;;. The SMILES string of the molecule is CCCCCCCCO[C@H]1CC[C@H](C#Cc2ccc([S])cc2)CC1.CCCCCCCCO[C@H]1CC[C@H](C#Cc2ccc([S])cc2)CC1.CCCCCCCCO[C@H]1CC[C@H](C#Cc2ccc([S])cc2)CC1.CCCCCCCCO[C@H]1CC[C@H](C#Cc2ccc([S])cc2)CC1.CCCCCCCCO[C@H]1CC[C@H](C#Cc2ccc([S])cc2)CC1.F.F.F.F.F. The molecule has 0 saturated heterocycles. The zero-order valence-electron chi connectivity index (χ0n) is 77.3. The van der Waals surface area contributed by atoms with Crippen molar-refractivity contribution in [3.05, 3.63) is 149 Å². The predicted molar refractivity (Wildman–Crippen MR) is 534 cm³/mol. The second-order valence-corrected chi connectivity index (χ2v) is 36.9. The summed E-state index contributed by atoms with van der Waals surface area (Å²) in [6, 6.07) is 39.7. The van der Waals surface area contributed by atoms with E-state index in [1.54, 1.807) is 0 Å². The van der Waals surface area contributed by atoms with Crippen LogP contribution in [0.3, 0.4) is 0 Å². The van der Waals surface area contributed by atoms with Crippen LogP contribution in [0.5, 0.6) is 0 Å². The number of benzene rings is 5. The Balaban J connectivity index is 0.000000774. The van der Waals surface area contributed by atoms with E-state index in [-0.39, 0.29) is 23.5 Å². The summed E-state index contributed by atoms with van der Waals surface area (Å²) < 4.78 is 30.3. The van der Waals surface area contributed by atoms with Gasteiger partial charge in [0.25, 0.3) is 0 Å². The smallest absolute Gasteiger partial charge is 0.0576 e. The van der Waals surface area contributed by atoms with E-state index in [2.05, 4.69) is 93.8 Å². The Hall–Kier alpha value is -5.55. The number of unbranched alkanes of at least 4 members (excludes halogenated alkanes) is 25. The highest BCUT2D eigenvalue weighted by Gasteiger charge is 2.25. The van der Waals surface area contributed by atoms with E-state index in [4.69, 9.17) is 86.8 Å². The highest BCUT2D eigenvalue weighted by atomic mass is 32.1. The summed E-state index contributed by atoms with van der Waals surface area (Å²) in [6.45, 7) is 16.0. The molecule has 0 amide bonds. The van der Waals surface area contributed by atoms with Gasteiger partial charge in [-0.3, -0.25) is 23.5 Å². The first-order valence-electron chi connectivity index (χ1n) is 48.4. The van der Waals surface area contributed by atoms with Crippen molar-refractivity contribution in [2.24, 2.45) is 29.6 Å². The Labute approximate surface area is 786 Å². The lowest BCUT2D eigenvalue weighted by atomic mass is 9.87. The first-order valence-corrected chi connectivity index (χ1v) is 50.4. The van der Waals surface area contributed by atoms with Gasteiger partial charge in [0.1, 0.15) is 0 Å². The molecule has 0 atom stereocenters. The van der Waals surface area contributed by atoms with E-state index in [0.717, 1.165) is 85.3 Å². The third-order valence-corrected chi connectivity index (χ3v) is 25.4. The molecule has 0 heterocycles. The van der Waals surface area contributed by atoms with Gasteiger partial charge in [0.2, 0.25) is 0 Å². The van der Waals surface area contributed by atoms with E-state index in [1.807, 2.05) is 121 Å². The molecule has 5 nitrogen and oxygen atoms in total. The monoisotopic (exact) mass is 1820 g/mol. The quantitative estimate of drug-likeness (QED) is 0.0222. The molecule has 0 aromatic heterocycles. The Morgan fingerprint density at radius 3 is 0.456 bits per heavy atom. The van der Waals surface area contributed by atoms with Crippen LogP contribution < -0.4 is 0 Å². The molecule has 5 fully saturated rings. The number of rotatable bonds is 40. The summed E-state index contributed by atoms with van der Waals surface area (Å²) in [5, 5.41) is 0. The zero-order chi connectivity index (χ0) is 85.2. The van der Waals surface area contributed by atoms with Crippen LogP contribution >= 0.6 is 63.1 Å². The van der Waals surface area contributed by atoms with Crippen LogP contribution in [0, 0.1) is 88.8 Å². The number of halogens is 5. The largest absolute Gasteiger partial charge is 0.378 e. The van der Waals surface area contributed by atoms with E-state index in [0.29, 0.717) is 60.1 Å². The zero-order valence-corrected chi connectivity index (χ0v) is 81.4. The molecule has 5 saturated carbocycles. The Bertz CT molecular complexity index is 3110. The van der Waals surface area contributed by atoms with Gasteiger partial charge in [0.15, 0.2) is 0 Å². The van der Waals surface area contributed by atoms with Crippen LogP contribution in [0.2, 0.25) is 0 Å². The minimum absolute atomic E-state index is 0. The minimum atomic E-state index is 0. The maximum atomic E-state index is 6.05. The van der Waals surface area contributed by atoms with Crippen LogP contribution in [-0.4, -0.2) is 63.6 Å². The number of ether oxygens (including phenoxy) is 5. The summed E-state index contributed by atoms with van der Waals surface area (Å²) in [4.78, 5) is 4.39. The van der Waals surface area contributed by atoms with E-state index < -0.39 is 0 Å². The lowest BCUT2D eigenvalue weighted by Gasteiger charge is -2.25. The van der Waals surface area contributed by atoms with Gasteiger partial charge in [-0.25, -0.2) is 0 Å². The molecule has 5 radical (unpaired) electrons. The van der Waals surface area contributed by atoms with Gasteiger partial charge in [-0.05, 0) is 282 Å². The minimum Gasteiger partial charge on any atom is -0.378 e. The average Bonchev–Trinajstić information content (AvgIpc) is 0.918. The van der Waals surface area contributed by atoms with Crippen molar-refractivity contribution in [1.82, 2.24) is 0 Å². The fourth-order valence-electron chi connectivity index (χ4n) is 16.1. The number of hydrogen-bond donors (Lipinski definition) is 0. The predicted octanol–water partition coefficient (Wildman–Crippen LogP) is 33.4. The topological polar surface area (TPSA) is 46.2 Å². The molecule has 695 valence electrons. The fourth-order valence-corrected chi connectivity index (χ4v) is 16.8. The molecular weight excluding hydrogens is 1660 g/mol. The summed E-state index contributed by atoms with van der Waals surface area (Å²) in [7, 11) is 0. The Morgan fingerprint density at radius 2 is 0.320 bits per heavy atom. The summed E-state index contributed by atoms with van der Waals surface area (Å²) in [5.41, 5.74) is 5.37. The van der Waals surface area contributed by atoms with Crippen LogP contribution in [0.15, 0.2) is 146 Å². The van der Waals surface area contributed by atoms with Crippen LogP contribution in [0.1, 0.15) is 383 Å². The van der Waals surface area contributed by atoms with Gasteiger partial charge in [-0.2, -0.15) is 0 Å². The normalized spacial score (nSPS) is 19.6. The van der Waals surface area contributed by atoms with Gasteiger partial charge < -0.3 is 23.7 Å². The molecule has 5 aliphatic carbocycles. The first-order chi connectivity index (χ1) is 58.9. The van der Waals surface area contributed by atoms with E-state index >= 15 is 0 Å². The third-order valence-electron chi connectivity index (χ3n) is 24.0. The third kappa shape index (κ3) is 59.4. The lowest BCUT2D eigenvalue weighted by molar-refractivity contribution is 0.0208. The van der Waals surface area contributed by atoms with Crippen molar-refractivity contribution in [2.75, 3.05) is 33.0 Å². The summed E-state index contributed by atoms with van der Waals surface area (Å²) >= 11 is 25.5. The van der Waals surface area contributed by atoms with Gasteiger partial charge in [0.05, 0.1) is 30.5 Å². The maximum Gasteiger partial charge on any atom is 0.0576 e. The van der Waals surface area contributed by atoms with E-state index in [9.17, 15) is 0 Å². The molecule has 0 N–H and O–H groups in total.